The number of hydrogen-bond donors (Lipinski definition) is 1. The molecular weight excluding hydrogens is 264 g/mol. The SMILES string of the molecule is COc1ccc(NC(=O)c2ncsc2C)c(OC)c1. The molecule has 0 spiro atoms. The molecule has 1 amide bonds. The van der Waals surface area contributed by atoms with E-state index in [0.29, 0.717) is 22.9 Å². The molecule has 0 saturated heterocycles. The Morgan fingerprint density at radius 1 is 1.32 bits per heavy atom. The first-order valence-electron chi connectivity index (χ1n) is 5.59. The van der Waals surface area contributed by atoms with Gasteiger partial charge in [0.25, 0.3) is 5.91 Å². The number of carbonyl (C=O) groups is 1. The molecule has 5 nitrogen and oxygen atoms in total. The van der Waals surface area contributed by atoms with Crippen molar-refractivity contribution in [2.75, 3.05) is 19.5 Å². The first-order chi connectivity index (χ1) is 9.15. The largest absolute Gasteiger partial charge is 0.497 e. The molecule has 0 fully saturated rings. The highest BCUT2D eigenvalue weighted by molar-refractivity contribution is 7.09. The summed E-state index contributed by atoms with van der Waals surface area (Å²) in [6, 6.07) is 5.20. The van der Waals surface area contributed by atoms with Crippen LogP contribution in [-0.4, -0.2) is 25.1 Å². The fraction of sp³-hybridized carbons (Fsp3) is 0.231. The van der Waals surface area contributed by atoms with Gasteiger partial charge < -0.3 is 14.8 Å². The van der Waals surface area contributed by atoms with Gasteiger partial charge in [-0.2, -0.15) is 0 Å². The van der Waals surface area contributed by atoms with Crippen molar-refractivity contribution in [2.45, 2.75) is 6.92 Å². The lowest BCUT2D eigenvalue weighted by Crippen LogP contribution is -2.14. The zero-order valence-electron chi connectivity index (χ0n) is 10.9. The van der Waals surface area contributed by atoms with Crippen LogP contribution in [-0.2, 0) is 0 Å². The van der Waals surface area contributed by atoms with Gasteiger partial charge in [-0.1, -0.05) is 0 Å². The van der Waals surface area contributed by atoms with Crippen molar-refractivity contribution in [2.24, 2.45) is 0 Å². The summed E-state index contributed by atoms with van der Waals surface area (Å²) >= 11 is 1.44. The second kappa shape index (κ2) is 5.71. The first-order valence-corrected chi connectivity index (χ1v) is 6.47. The van der Waals surface area contributed by atoms with E-state index in [4.69, 9.17) is 9.47 Å². The number of nitrogens with one attached hydrogen (secondary N) is 1. The van der Waals surface area contributed by atoms with Crippen LogP contribution in [0.25, 0.3) is 0 Å². The Morgan fingerprint density at radius 2 is 2.11 bits per heavy atom. The Bertz CT molecular complexity index is 595. The molecule has 0 atom stereocenters. The van der Waals surface area contributed by atoms with Gasteiger partial charge in [0, 0.05) is 10.9 Å². The van der Waals surface area contributed by atoms with Crippen LogP contribution in [0.4, 0.5) is 5.69 Å². The monoisotopic (exact) mass is 278 g/mol. The fourth-order valence-corrected chi connectivity index (χ4v) is 2.18. The second-order valence-corrected chi connectivity index (χ2v) is 4.84. The van der Waals surface area contributed by atoms with Crippen molar-refractivity contribution in [1.29, 1.82) is 0 Å². The van der Waals surface area contributed by atoms with Crippen molar-refractivity contribution < 1.29 is 14.3 Å². The molecule has 19 heavy (non-hydrogen) atoms. The number of carbonyl (C=O) groups excluding carboxylic acids is 1. The molecule has 0 radical (unpaired) electrons. The molecule has 0 aliphatic heterocycles. The molecule has 0 unspecified atom stereocenters. The highest BCUT2D eigenvalue weighted by Crippen LogP contribution is 2.29. The smallest absolute Gasteiger partial charge is 0.275 e. The number of methoxy groups -OCH3 is 2. The van der Waals surface area contributed by atoms with E-state index in [2.05, 4.69) is 10.3 Å². The summed E-state index contributed by atoms with van der Waals surface area (Å²) < 4.78 is 10.3. The van der Waals surface area contributed by atoms with Crippen LogP contribution in [0.5, 0.6) is 11.5 Å². The van der Waals surface area contributed by atoms with E-state index < -0.39 is 0 Å². The van der Waals surface area contributed by atoms with Crippen LogP contribution in [0.2, 0.25) is 0 Å². The summed E-state index contributed by atoms with van der Waals surface area (Å²) in [4.78, 5) is 17.0. The van der Waals surface area contributed by atoms with Crippen LogP contribution >= 0.6 is 11.3 Å². The Hall–Kier alpha value is -2.08. The predicted molar refractivity (Wildman–Crippen MR) is 74.4 cm³/mol. The molecule has 0 aliphatic carbocycles. The third-order valence-corrected chi connectivity index (χ3v) is 3.37. The van der Waals surface area contributed by atoms with Gasteiger partial charge in [0.1, 0.15) is 17.2 Å². The van der Waals surface area contributed by atoms with Crippen molar-refractivity contribution in [3.63, 3.8) is 0 Å². The summed E-state index contributed by atoms with van der Waals surface area (Å²) in [7, 11) is 3.12. The lowest BCUT2D eigenvalue weighted by Gasteiger charge is -2.11. The summed E-state index contributed by atoms with van der Waals surface area (Å²) in [5.74, 6) is 0.961. The first kappa shape index (κ1) is 13.4. The summed E-state index contributed by atoms with van der Waals surface area (Å²) in [5, 5.41) is 2.78. The molecule has 0 aliphatic rings. The average molecular weight is 278 g/mol. The standard InChI is InChI=1S/C13H14N2O3S/c1-8-12(14-7-19-8)13(16)15-10-5-4-9(17-2)6-11(10)18-3/h4-7H,1-3H3,(H,15,16). The van der Waals surface area contributed by atoms with E-state index in [9.17, 15) is 4.79 Å². The molecule has 1 aromatic carbocycles. The van der Waals surface area contributed by atoms with Crippen LogP contribution in [0.3, 0.4) is 0 Å². The number of aryl methyl sites for hydroxylation is 1. The van der Waals surface area contributed by atoms with Crippen LogP contribution in [0, 0.1) is 6.92 Å². The highest BCUT2D eigenvalue weighted by atomic mass is 32.1. The number of ether oxygens (including phenoxy) is 2. The lowest BCUT2D eigenvalue weighted by atomic mass is 10.2. The van der Waals surface area contributed by atoms with Gasteiger partial charge in [0.2, 0.25) is 0 Å². The van der Waals surface area contributed by atoms with E-state index in [-0.39, 0.29) is 5.91 Å². The summed E-state index contributed by atoms with van der Waals surface area (Å²) in [6.45, 7) is 1.86. The van der Waals surface area contributed by atoms with E-state index >= 15 is 0 Å². The molecule has 0 bridgehead atoms. The average Bonchev–Trinajstić information content (AvgIpc) is 2.85. The molecule has 1 aromatic heterocycles. The Morgan fingerprint density at radius 3 is 2.68 bits per heavy atom. The number of amides is 1. The topological polar surface area (TPSA) is 60.5 Å². The number of nitrogens with zero attached hydrogens (tertiary/aromatic N) is 1. The minimum atomic E-state index is -0.248. The molecule has 2 aromatic rings. The lowest BCUT2D eigenvalue weighted by molar-refractivity contribution is 0.102. The maximum absolute atomic E-state index is 12.1. The number of benzene rings is 1. The van der Waals surface area contributed by atoms with E-state index in [0.717, 1.165) is 4.88 Å². The molecule has 1 heterocycles. The third-order valence-electron chi connectivity index (χ3n) is 2.62. The van der Waals surface area contributed by atoms with Crippen molar-refractivity contribution in [3.8, 4) is 11.5 Å². The minimum absolute atomic E-state index is 0.248. The summed E-state index contributed by atoms with van der Waals surface area (Å²) in [5.41, 5.74) is 2.67. The molecule has 2 rings (SSSR count). The zero-order chi connectivity index (χ0) is 13.8. The number of anilines is 1. The predicted octanol–water partition coefficient (Wildman–Crippen LogP) is 2.72. The van der Waals surface area contributed by atoms with E-state index in [1.165, 1.54) is 11.3 Å². The highest BCUT2D eigenvalue weighted by Gasteiger charge is 2.14. The number of rotatable bonds is 4. The van der Waals surface area contributed by atoms with Gasteiger partial charge in [0.05, 0.1) is 25.4 Å². The quantitative estimate of drug-likeness (QED) is 0.934. The van der Waals surface area contributed by atoms with Gasteiger partial charge in [-0.05, 0) is 19.1 Å². The van der Waals surface area contributed by atoms with Crippen LogP contribution < -0.4 is 14.8 Å². The number of thiazole rings is 1. The maximum atomic E-state index is 12.1. The Kier molecular flexibility index (Phi) is 4.01. The Balaban J connectivity index is 2.24. The van der Waals surface area contributed by atoms with E-state index in [1.54, 1.807) is 37.9 Å². The van der Waals surface area contributed by atoms with Gasteiger partial charge in [0.15, 0.2) is 0 Å². The molecule has 1 N–H and O–H groups in total. The third kappa shape index (κ3) is 2.85. The molecular formula is C13H14N2O3S. The van der Waals surface area contributed by atoms with Crippen LogP contribution in [0.1, 0.15) is 15.4 Å². The minimum Gasteiger partial charge on any atom is -0.497 e. The Labute approximate surface area is 115 Å². The summed E-state index contributed by atoms with van der Waals surface area (Å²) in [6.07, 6.45) is 0. The fourth-order valence-electron chi connectivity index (χ4n) is 1.61. The van der Waals surface area contributed by atoms with Gasteiger partial charge in [-0.15, -0.1) is 11.3 Å². The zero-order valence-corrected chi connectivity index (χ0v) is 11.7. The second-order valence-electron chi connectivity index (χ2n) is 3.78. The normalized spacial score (nSPS) is 10.1. The van der Waals surface area contributed by atoms with E-state index in [1.807, 2.05) is 6.92 Å². The van der Waals surface area contributed by atoms with Crippen molar-refractivity contribution in [1.82, 2.24) is 4.98 Å². The van der Waals surface area contributed by atoms with Crippen molar-refractivity contribution in [3.05, 3.63) is 34.3 Å². The van der Waals surface area contributed by atoms with Gasteiger partial charge in [-0.25, -0.2) is 4.98 Å². The molecule has 100 valence electrons. The van der Waals surface area contributed by atoms with Crippen LogP contribution in [0.15, 0.2) is 23.7 Å². The molecule has 6 heteroatoms. The maximum Gasteiger partial charge on any atom is 0.275 e. The van der Waals surface area contributed by atoms with Gasteiger partial charge in [-0.3, -0.25) is 4.79 Å². The number of hydrogen-bond acceptors (Lipinski definition) is 5. The van der Waals surface area contributed by atoms with Gasteiger partial charge >= 0.3 is 0 Å². The number of aromatic nitrogens is 1. The molecule has 0 saturated carbocycles. The van der Waals surface area contributed by atoms with Crippen molar-refractivity contribution >= 4 is 22.9 Å².